The topological polar surface area (TPSA) is 0 Å². The molecular weight excluding hydrogens is 264 g/mol. The van der Waals surface area contributed by atoms with Gasteiger partial charge in [0.1, 0.15) is 0 Å². The van der Waals surface area contributed by atoms with E-state index in [9.17, 15) is 0 Å². The Labute approximate surface area is 133 Å². The third kappa shape index (κ3) is 2.92. The standard InChI is InChI=1S/C22H24/c1-15(2)12-18-9-11-21-20(10-8-17(4)22(21)14-18)19-7-5-6-16(3)13-19/h5-11,13-15H,12H2,1-4H3. The Morgan fingerprint density at radius 2 is 1.64 bits per heavy atom. The second kappa shape index (κ2) is 5.96. The van der Waals surface area contributed by atoms with Crippen LogP contribution in [0.4, 0.5) is 0 Å². The molecule has 0 heterocycles. The molecule has 0 N–H and O–H groups in total. The van der Waals surface area contributed by atoms with Crippen molar-refractivity contribution in [1.29, 1.82) is 0 Å². The summed E-state index contributed by atoms with van der Waals surface area (Å²) in [6, 6.07) is 20.3. The van der Waals surface area contributed by atoms with E-state index in [2.05, 4.69) is 82.3 Å². The minimum absolute atomic E-state index is 0.692. The molecule has 3 aromatic carbocycles. The van der Waals surface area contributed by atoms with Crippen molar-refractivity contribution in [1.82, 2.24) is 0 Å². The fourth-order valence-corrected chi connectivity index (χ4v) is 3.20. The van der Waals surface area contributed by atoms with E-state index in [4.69, 9.17) is 0 Å². The summed E-state index contributed by atoms with van der Waals surface area (Å²) >= 11 is 0. The molecule has 0 radical (unpaired) electrons. The van der Waals surface area contributed by atoms with E-state index in [1.165, 1.54) is 38.6 Å². The van der Waals surface area contributed by atoms with Gasteiger partial charge in [0.2, 0.25) is 0 Å². The second-order valence-corrected chi connectivity index (χ2v) is 6.78. The summed E-state index contributed by atoms with van der Waals surface area (Å²) in [6.07, 6.45) is 1.14. The maximum Gasteiger partial charge on any atom is -0.0103 e. The van der Waals surface area contributed by atoms with Gasteiger partial charge in [0.05, 0.1) is 0 Å². The van der Waals surface area contributed by atoms with Crippen molar-refractivity contribution in [2.75, 3.05) is 0 Å². The lowest BCUT2D eigenvalue weighted by Gasteiger charge is -2.13. The lowest BCUT2D eigenvalue weighted by atomic mass is 9.92. The van der Waals surface area contributed by atoms with Gasteiger partial charge in [0, 0.05) is 0 Å². The highest BCUT2D eigenvalue weighted by atomic mass is 14.1. The fourth-order valence-electron chi connectivity index (χ4n) is 3.20. The zero-order valence-electron chi connectivity index (χ0n) is 14.0. The van der Waals surface area contributed by atoms with E-state index in [-0.39, 0.29) is 0 Å². The van der Waals surface area contributed by atoms with Crippen molar-refractivity contribution in [3.05, 3.63) is 71.3 Å². The highest BCUT2D eigenvalue weighted by Gasteiger charge is 2.08. The summed E-state index contributed by atoms with van der Waals surface area (Å²) in [5, 5.41) is 2.75. The van der Waals surface area contributed by atoms with Gasteiger partial charge in [-0.1, -0.05) is 74.0 Å². The van der Waals surface area contributed by atoms with E-state index in [1.807, 2.05) is 0 Å². The molecule has 0 aliphatic carbocycles. The first-order valence-corrected chi connectivity index (χ1v) is 8.14. The van der Waals surface area contributed by atoms with Crippen LogP contribution >= 0.6 is 0 Å². The van der Waals surface area contributed by atoms with Crippen LogP contribution in [0.25, 0.3) is 21.9 Å². The SMILES string of the molecule is Cc1cccc(-c2ccc(C)c3cc(CC(C)C)ccc23)c1. The van der Waals surface area contributed by atoms with Gasteiger partial charge in [-0.25, -0.2) is 0 Å². The minimum Gasteiger partial charge on any atom is -0.0625 e. The smallest absolute Gasteiger partial charge is 0.0103 e. The Kier molecular flexibility index (Phi) is 4.02. The van der Waals surface area contributed by atoms with Crippen molar-refractivity contribution in [2.24, 2.45) is 5.92 Å². The average Bonchev–Trinajstić information content (AvgIpc) is 2.47. The predicted molar refractivity (Wildman–Crippen MR) is 97.4 cm³/mol. The Morgan fingerprint density at radius 3 is 2.36 bits per heavy atom. The largest absolute Gasteiger partial charge is 0.0625 e. The van der Waals surface area contributed by atoms with Crippen molar-refractivity contribution in [3.8, 4) is 11.1 Å². The third-order valence-electron chi connectivity index (χ3n) is 4.27. The van der Waals surface area contributed by atoms with E-state index < -0.39 is 0 Å². The summed E-state index contributed by atoms with van der Waals surface area (Å²) in [5.41, 5.74) is 6.74. The zero-order valence-corrected chi connectivity index (χ0v) is 14.0. The fraction of sp³-hybridized carbons (Fsp3) is 0.273. The highest BCUT2D eigenvalue weighted by Crippen LogP contribution is 2.32. The van der Waals surface area contributed by atoms with Crippen LogP contribution in [0.5, 0.6) is 0 Å². The quantitative estimate of drug-likeness (QED) is 0.529. The van der Waals surface area contributed by atoms with Gasteiger partial charge in [-0.05, 0) is 59.2 Å². The number of hydrogen-bond donors (Lipinski definition) is 0. The van der Waals surface area contributed by atoms with Crippen LogP contribution in [0.15, 0.2) is 54.6 Å². The molecule has 0 aromatic heterocycles. The molecule has 0 unspecified atom stereocenters. The maximum atomic E-state index is 2.38. The summed E-state index contributed by atoms with van der Waals surface area (Å²) in [6.45, 7) is 8.92. The molecule has 0 heteroatoms. The molecule has 112 valence electrons. The summed E-state index contributed by atoms with van der Waals surface area (Å²) in [5.74, 6) is 0.692. The molecule has 0 nitrogen and oxygen atoms in total. The number of fused-ring (bicyclic) bond motifs is 1. The van der Waals surface area contributed by atoms with Gasteiger partial charge >= 0.3 is 0 Å². The Hall–Kier alpha value is -2.08. The van der Waals surface area contributed by atoms with E-state index >= 15 is 0 Å². The first-order valence-electron chi connectivity index (χ1n) is 8.14. The summed E-state index contributed by atoms with van der Waals surface area (Å²) in [4.78, 5) is 0. The lowest BCUT2D eigenvalue weighted by molar-refractivity contribution is 0.648. The molecular formula is C22H24. The van der Waals surface area contributed by atoms with Crippen molar-refractivity contribution >= 4 is 10.8 Å². The van der Waals surface area contributed by atoms with Crippen LogP contribution in [0.3, 0.4) is 0 Å². The third-order valence-corrected chi connectivity index (χ3v) is 4.27. The average molecular weight is 288 g/mol. The molecule has 0 saturated carbocycles. The van der Waals surface area contributed by atoms with E-state index in [0.717, 1.165) is 6.42 Å². The lowest BCUT2D eigenvalue weighted by Crippen LogP contribution is -1.94. The molecule has 0 aliphatic rings. The minimum atomic E-state index is 0.692. The van der Waals surface area contributed by atoms with Gasteiger partial charge in [0.25, 0.3) is 0 Å². The Balaban J connectivity index is 2.19. The van der Waals surface area contributed by atoms with Crippen molar-refractivity contribution in [3.63, 3.8) is 0 Å². The molecule has 0 bridgehead atoms. The molecule has 0 amide bonds. The van der Waals surface area contributed by atoms with Gasteiger partial charge < -0.3 is 0 Å². The van der Waals surface area contributed by atoms with Crippen LogP contribution in [0.2, 0.25) is 0 Å². The maximum absolute atomic E-state index is 2.38. The van der Waals surface area contributed by atoms with Crippen LogP contribution in [-0.4, -0.2) is 0 Å². The van der Waals surface area contributed by atoms with Crippen LogP contribution in [0, 0.1) is 19.8 Å². The van der Waals surface area contributed by atoms with Gasteiger partial charge in [0.15, 0.2) is 0 Å². The van der Waals surface area contributed by atoms with E-state index in [0.29, 0.717) is 5.92 Å². The van der Waals surface area contributed by atoms with Crippen molar-refractivity contribution in [2.45, 2.75) is 34.1 Å². The molecule has 0 aliphatic heterocycles. The highest BCUT2D eigenvalue weighted by molar-refractivity contribution is 5.98. The number of benzene rings is 3. The van der Waals surface area contributed by atoms with Crippen molar-refractivity contribution < 1.29 is 0 Å². The zero-order chi connectivity index (χ0) is 15.7. The molecule has 3 aromatic rings. The Morgan fingerprint density at radius 1 is 0.818 bits per heavy atom. The van der Waals surface area contributed by atoms with Gasteiger partial charge in [-0.15, -0.1) is 0 Å². The molecule has 0 spiro atoms. The first-order chi connectivity index (χ1) is 10.5. The van der Waals surface area contributed by atoms with Gasteiger partial charge in [-0.2, -0.15) is 0 Å². The van der Waals surface area contributed by atoms with Gasteiger partial charge in [-0.3, -0.25) is 0 Å². The molecule has 3 rings (SSSR count). The summed E-state index contributed by atoms with van der Waals surface area (Å²) in [7, 11) is 0. The summed E-state index contributed by atoms with van der Waals surface area (Å²) < 4.78 is 0. The predicted octanol–water partition coefficient (Wildman–Crippen LogP) is 6.32. The molecule has 22 heavy (non-hydrogen) atoms. The van der Waals surface area contributed by atoms with E-state index in [1.54, 1.807) is 0 Å². The normalized spacial score (nSPS) is 11.3. The monoisotopic (exact) mass is 288 g/mol. The first kappa shape index (κ1) is 14.8. The number of aryl methyl sites for hydroxylation is 2. The molecule has 0 atom stereocenters. The molecule has 0 fully saturated rings. The number of rotatable bonds is 3. The van der Waals surface area contributed by atoms with Crippen LogP contribution < -0.4 is 0 Å². The molecule has 0 saturated heterocycles. The number of hydrogen-bond acceptors (Lipinski definition) is 0. The van der Waals surface area contributed by atoms with Crippen LogP contribution in [-0.2, 0) is 6.42 Å². The van der Waals surface area contributed by atoms with Crippen LogP contribution in [0.1, 0.15) is 30.5 Å². The Bertz CT molecular complexity index is 809. The second-order valence-electron chi connectivity index (χ2n) is 6.78.